The van der Waals surface area contributed by atoms with E-state index in [1.54, 1.807) is 19.2 Å². The van der Waals surface area contributed by atoms with E-state index in [9.17, 15) is 18.0 Å². The van der Waals surface area contributed by atoms with Crippen molar-refractivity contribution in [3.63, 3.8) is 0 Å². The van der Waals surface area contributed by atoms with Crippen molar-refractivity contribution in [2.24, 2.45) is 0 Å². The first-order valence-electron chi connectivity index (χ1n) is 13.9. The number of amides is 1. The second kappa shape index (κ2) is 11.8. The Morgan fingerprint density at radius 3 is 2.37 bits per heavy atom. The molecule has 4 aromatic carbocycles. The number of para-hydroxylation sites is 1. The number of hydrogen-bond donors (Lipinski definition) is 1. The number of hydrogen-bond acceptors (Lipinski definition) is 7. The third-order valence-corrected chi connectivity index (χ3v) is 9.37. The molecule has 0 radical (unpaired) electrons. The first-order valence-corrected chi connectivity index (χ1v) is 15.3. The zero-order chi connectivity index (χ0) is 30.0. The molecule has 1 aliphatic rings. The molecule has 2 heterocycles. The molecule has 1 aliphatic heterocycles. The number of nitrogens with one attached hydrogen (secondary N) is 1. The van der Waals surface area contributed by atoms with Crippen molar-refractivity contribution < 1.29 is 27.5 Å². The normalized spacial score (nSPS) is 13.7. The summed E-state index contributed by atoms with van der Waals surface area (Å²) in [6, 6.07) is 26.6. The summed E-state index contributed by atoms with van der Waals surface area (Å²) in [6.07, 6.45) is 1.70. The van der Waals surface area contributed by atoms with E-state index in [1.807, 2.05) is 54.6 Å². The number of benzene rings is 4. The molecule has 0 unspecified atom stereocenters. The Morgan fingerprint density at radius 2 is 1.60 bits per heavy atom. The van der Waals surface area contributed by atoms with Gasteiger partial charge in [-0.2, -0.15) is 4.31 Å². The maximum absolute atomic E-state index is 13.2. The summed E-state index contributed by atoms with van der Waals surface area (Å²) >= 11 is 0. The van der Waals surface area contributed by atoms with Crippen LogP contribution in [0.2, 0.25) is 0 Å². The van der Waals surface area contributed by atoms with Gasteiger partial charge in [0.15, 0.2) is 6.61 Å². The number of anilines is 1. The maximum atomic E-state index is 13.2. The highest BCUT2D eigenvalue weighted by Gasteiger charge is 2.27. The third-order valence-electron chi connectivity index (χ3n) is 7.45. The topological polar surface area (TPSA) is 115 Å². The molecule has 6 rings (SSSR count). The average molecular weight is 596 g/mol. The van der Waals surface area contributed by atoms with Crippen LogP contribution in [0.4, 0.5) is 5.69 Å². The van der Waals surface area contributed by atoms with Crippen LogP contribution in [0.25, 0.3) is 32.9 Å². The lowest BCUT2D eigenvalue weighted by Gasteiger charge is -2.15. The number of sulfonamides is 1. The minimum absolute atomic E-state index is 0.172. The number of ether oxygens (including phenoxy) is 2. The number of carbonyl (C=O) groups is 2. The van der Waals surface area contributed by atoms with Crippen molar-refractivity contribution in [3.8, 4) is 17.0 Å². The van der Waals surface area contributed by atoms with E-state index >= 15 is 0 Å². The molecule has 218 valence electrons. The maximum Gasteiger partial charge on any atom is 0.339 e. The lowest BCUT2D eigenvalue weighted by Crippen LogP contribution is -2.27. The minimum atomic E-state index is -3.55. The lowest BCUT2D eigenvalue weighted by atomic mass is 10.0. The molecular formula is C33H29N3O6S. The van der Waals surface area contributed by atoms with Crippen molar-refractivity contribution in [1.29, 1.82) is 0 Å². The molecule has 0 bridgehead atoms. The molecule has 0 spiro atoms. The van der Waals surface area contributed by atoms with Gasteiger partial charge in [-0.05, 0) is 78.2 Å². The predicted molar refractivity (Wildman–Crippen MR) is 165 cm³/mol. The van der Waals surface area contributed by atoms with Gasteiger partial charge in [0.25, 0.3) is 5.91 Å². The quantitative estimate of drug-likeness (QED) is 0.231. The van der Waals surface area contributed by atoms with Gasteiger partial charge in [0.2, 0.25) is 10.0 Å². The molecule has 5 aromatic rings. The van der Waals surface area contributed by atoms with E-state index in [1.165, 1.54) is 28.6 Å². The van der Waals surface area contributed by atoms with Gasteiger partial charge in [-0.3, -0.25) is 4.79 Å². The van der Waals surface area contributed by atoms with Gasteiger partial charge in [-0.25, -0.2) is 18.2 Å². The lowest BCUT2D eigenvalue weighted by molar-refractivity contribution is -0.119. The van der Waals surface area contributed by atoms with Gasteiger partial charge in [-0.15, -0.1) is 0 Å². The number of rotatable bonds is 8. The van der Waals surface area contributed by atoms with Gasteiger partial charge in [0.05, 0.1) is 28.8 Å². The van der Waals surface area contributed by atoms with E-state index in [4.69, 9.17) is 14.5 Å². The second-order valence-electron chi connectivity index (χ2n) is 10.3. The summed E-state index contributed by atoms with van der Waals surface area (Å²) < 4.78 is 37.7. The first-order chi connectivity index (χ1) is 20.8. The Bertz CT molecular complexity index is 1950. The van der Waals surface area contributed by atoms with Crippen LogP contribution in [0.3, 0.4) is 0 Å². The molecule has 1 saturated heterocycles. The van der Waals surface area contributed by atoms with Crippen LogP contribution >= 0.6 is 0 Å². The number of carbonyl (C=O) groups excluding carboxylic acids is 2. The van der Waals surface area contributed by atoms with Gasteiger partial charge in [0, 0.05) is 29.7 Å². The summed E-state index contributed by atoms with van der Waals surface area (Å²) in [5.41, 5.74) is 2.73. The Labute approximate surface area is 249 Å². The number of fused-ring (bicyclic) bond motifs is 2. The van der Waals surface area contributed by atoms with Crippen LogP contribution in [-0.4, -0.2) is 56.4 Å². The van der Waals surface area contributed by atoms with Crippen LogP contribution in [0.5, 0.6) is 5.75 Å². The predicted octanol–water partition coefficient (Wildman–Crippen LogP) is 5.64. The number of nitrogens with zero attached hydrogens (tertiary/aromatic N) is 2. The molecular weight excluding hydrogens is 566 g/mol. The fraction of sp³-hybridized carbons (Fsp3) is 0.182. The molecule has 1 N–H and O–H groups in total. The number of methoxy groups -OCH3 is 1. The summed E-state index contributed by atoms with van der Waals surface area (Å²) in [4.78, 5) is 30.8. The van der Waals surface area contributed by atoms with Crippen LogP contribution in [-0.2, 0) is 19.6 Å². The van der Waals surface area contributed by atoms with Gasteiger partial charge in [0.1, 0.15) is 5.75 Å². The average Bonchev–Trinajstić information content (AvgIpc) is 3.59. The number of aromatic nitrogens is 1. The molecule has 9 nitrogen and oxygen atoms in total. The van der Waals surface area contributed by atoms with Crippen molar-refractivity contribution in [3.05, 3.63) is 96.6 Å². The fourth-order valence-corrected chi connectivity index (χ4v) is 6.71. The van der Waals surface area contributed by atoms with E-state index in [0.29, 0.717) is 40.9 Å². The fourth-order valence-electron chi connectivity index (χ4n) is 5.20. The summed E-state index contributed by atoms with van der Waals surface area (Å²) in [5, 5.41) is 5.27. The second-order valence-corrected chi connectivity index (χ2v) is 12.2. The minimum Gasteiger partial charge on any atom is -0.497 e. The van der Waals surface area contributed by atoms with Crippen molar-refractivity contribution in [2.75, 3.05) is 32.1 Å². The molecule has 43 heavy (non-hydrogen) atoms. The summed E-state index contributed by atoms with van der Waals surface area (Å²) in [5.74, 6) is -0.444. The smallest absolute Gasteiger partial charge is 0.339 e. The Balaban J connectivity index is 1.17. The van der Waals surface area contributed by atoms with Crippen LogP contribution in [0.15, 0.2) is 95.9 Å². The number of esters is 1. The molecule has 1 amide bonds. The van der Waals surface area contributed by atoms with Gasteiger partial charge in [-0.1, -0.05) is 36.4 Å². The third kappa shape index (κ3) is 5.93. The zero-order valence-corrected chi connectivity index (χ0v) is 24.3. The van der Waals surface area contributed by atoms with Crippen molar-refractivity contribution in [2.45, 2.75) is 17.7 Å². The largest absolute Gasteiger partial charge is 0.497 e. The monoisotopic (exact) mass is 595 g/mol. The molecule has 1 aromatic heterocycles. The highest BCUT2D eigenvalue weighted by atomic mass is 32.2. The van der Waals surface area contributed by atoms with Crippen LogP contribution < -0.4 is 10.1 Å². The molecule has 1 fully saturated rings. The van der Waals surface area contributed by atoms with Crippen molar-refractivity contribution in [1.82, 2.24) is 9.29 Å². The van der Waals surface area contributed by atoms with Crippen molar-refractivity contribution >= 4 is 49.3 Å². The SMILES string of the molecule is COc1ccc2cc(-c3cc(C(=O)OCC(=O)Nc4ccc(S(=O)(=O)N5CCCC5)cc4)c4ccccc4n3)ccc2c1. The first kappa shape index (κ1) is 28.3. The molecule has 0 saturated carbocycles. The van der Waals surface area contributed by atoms with E-state index < -0.39 is 28.5 Å². The van der Waals surface area contributed by atoms with Gasteiger partial charge < -0.3 is 14.8 Å². The Kier molecular flexibility index (Phi) is 7.79. The summed E-state index contributed by atoms with van der Waals surface area (Å²) in [6.45, 7) is 0.507. The molecule has 10 heteroatoms. The standard InChI is InChI=1S/C33H29N3O6S/c1-41-26-13-10-22-18-24(9-8-23(22)19-26)31-20-29(28-6-2-3-7-30(28)35-31)33(38)42-21-32(37)34-25-11-14-27(15-12-25)43(39,40)36-16-4-5-17-36/h2-3,6-15,18-20H,4-5,16-17,21H2,1H3,(H,34,37). The van der Waals surface area contributed by atoms with E-state index in [0.717, 1.165) is 34.9 Å². The molecule has 0 atom stereocenters. The Morgan fingerprint density at radius 1 is 0.884 bits per heavy atom. The molecule has 0 aliphatic carbocycles. The Hall–Kier alpha value is -4.80. The van der Waals surface area contributed by atoms with E-state index in [2.05, 4.69) is 5.32 Å². The van der Waals surface area contributed by atoms with Crippen LogP contribution in [0.1, 0.15) is 23.2 Å². The highest BCUT2D eigenvalue weighted by molar-refractivity contribution is 7.89. The van der Waals surface area contributed by atoms with Crippen LogP contribution in [0, 0.1) is 0 Å². The van der Waals surface area contributed by atoms with E-state index in [-0.39, 0.29) is 4.90 Å². The summed E-state index contributed by atoms with van der Waals surface area (Å²) in [7, 11) is -1.92. The van der Waals surface area contributed by atoms with Gasteiger partial charge >= 0.3 is 5.97 Å². The number of pyridine rings is 1. The highest BCUT2D eigenvalue weighted by Crippen LogP contribution is 2.29. The zero-order valence-electron chi connectivity index (χ0n) is 23.4.